The SMILES string of the molecule is CCCCN(C(=O)c1ccc(C(F)(F)F)cc1)[C@@H]1C[C@H]1C(=O)NC(C)(C)C. The Bertz CT molecular complexity index is 678. The molecule has 27 heavy (non-hydrogen) atoms. The van der Waals surface area contributed by atoms with E-state index in [0.717, 1.165) is 25.0 Å². The number of benzene rings is 1. The fourth-order valence-corrected chi connectivity index (χ4v) is 2.98. The van der Waals surface area contributed by atoms with E-state index in [1.165, 1.54) is 12.1 Å². The molecular formula is C20H27F3N2O2. The number of halogens is 3. The molecule has 0 bridgehead atoms. The van der Waals surface area contributed by atoms with E-state index in [-0.39, 0.29) is 34.9 Å². The van der Waals surface area contributed by atoms with Gasteiger partial charge in [-0.05, 0) is 57.9 Å². The number of hydrogen-bond donors (Lipinski definition) is 1. The molecule has 4 nitrogen and oxygen atoms in total. The number of amides is 2. The molecule has 1 fully saturated rings. The van der Waals surface area contributed by atoms with Crippen LogP contribution in [0.2, 0.25) is 0 Å². The highest BCUT2D eigenvalue weighted by Gasteiger charge is 2.49. The Morgan fingerprint density at radius 1 is 1.15 bits per heavy atom. The molecule has 1 aromatic rings. The number of nitrogens with zero attached hydrogens (tertiary/aromatic N) is 1. The molecule has 1 aliphatic carbocycles. The van der Waals surface area contributed by atoms with Crippen molar-refractivity contribution in [2.45, 2.75) is 64.7 Å². The van der Waals surface area contributed by atoms with Crippen molar-refractivity contribution in [2.75, 3.05) is 6.54 Å². The summed E-state index contributed by atoms with van der Waals surface area (Å²) in [5.41, 5.74) is -0.926. The molecule has 0 radical (unpaired) electrons. The fraction of sp³-hybridized carbons (Fsp3) is 0.600. The molecule has 0 unspecified atom stereocenters. The first-order valence-corrected chi connectivity index (χ1v) is 9.24. The summed E-state index contributed by atoms with van der Waals surface area (Å²) >= 11 is 0. The third-order valence-corrected chi connectivity index (χ3v) is 4.46. The second-order valence-electron chi connectivity index (χ2n) is 8.08. The smallest absolute Gasteiger partial charge is 0.351 e. The molecule has 2 amide bonds. The number of alkyl halides is 3. The standard InChI is InChI=1S/C20H27F3N2O2/c1-5-6-11-25(16-12-15(16)17(26)24-19(2,3)4)18(27)13-7-9-14(10-8-13)20(21,22)23/h7-10,15-16H,5-6,11-12H2,1-4H3,(H,24,26)/t15-,16-/m1/s1. The molecular weight excluding hydrogens is 357 g/mol. The van der Waals surface area contributed by atoms with Gasteiger partial charge in [0.1, 0.15) is 0 Å². The van der Waals surface area contributed by atoms with Crippen molar-refractivity contribution >= 4 is 11.8 Å². The van der Waals surface area contributed by atoms with E-state index in [1.54, 1.807) is 4.90 Å². The minimum Gasteiger partial charge on any atom is -0.351 e. The van der Waals surface area contributed by atoms with Crippen LogP contribution in [0.15, 0.2) is 24.3 Å². The molecule has 1 aromatic carbocycles. The maximum Gasteiger partial charge on any atom is 0.416 e. The predicted molar refractivity (Wildman–Crippen MR) is 97.2 cm³/mol. The summed E-state index contributed by atoms with van der Waals surface area (Å²) < 4.78 is 38.2. The van der Waals surface area contributed by atoms with Crippen LogP contribution in [0, 0.1) is 5.92 Å². The summed E-state index contributed by atoms with van der Waals surface area (Å²) in [7, 11) is 0. The molecule has 0 spiro atoms. The predicted octanol–water partition coefficient (Wildman–Crippen LogP) is 4.25. The van der Waals surface area contributed by atoms with Crippen molar-refractivity contribution in [3.63, 3.8) is 0 Å². The number of unbranched alkanes of at least 4 members (excludes halogenated alkanes) is 1. The summed E-state index contributed by atoms with van der Waals surface area (Å²) in [6, 6.07) is 4.05. The molecule has 1 N–H and O–H groups in total. The first-order valence-electron chi connectivity index (χ1n) is 9.24. The zero-order valence-electron chi connectivity index (χ0n) is 16.2. The minimum absolute atomic E-state index is 0.0887. The van der Waals surface area contributed by atoms with Crippen LogP contribution in [-0.2, 0) is 11.0 Å². The lowest BCUT2D eigenvalue weighted by Crippen LogP contribution is -2.43. The summed E-state index contributed by atoms with van der Waals surface area (Å²) in [5.74, 6) is -0.679. The van der Waals surface area contributed by atoms with Crippen molar-refractivity contribution < 1.29 is 22.8 Å². The zero-order valence-corrected chi connectivity index (χ0v) is 16.2. The lowest BCUT2D eigenvalue weighted by atomic mass is 10.1. The normalized spacial score (nSPS) is 19.5. The van der Waals surface area contributed by atoms with E-state index < -0.39 is 11.7 Å². The monoisotopic (exact) mass is 384 g/mol. The van der Waals surface area contributed by atoms with Crippen molar-refractivity contribution in [3.8, 4) is 0 Å². The van der Waals surface area contributed by atoms with Crippen LogP contribution in [0.1, 0.15) is 62.9 Å². The molecule has 1 aliphatic rings. The highest BCUT2D eigenvalue weighted by Crippen LogP contribution is 2.37. The fourth-order valence-electron chi connectivity index (χ4n) is 2.98. The van der Waals surface area contributed by atoms with Crippen LogP contribution >= 0.6 is 0 Å². The van der Waals surface area contributed by atoms with E-state index in [9.17, 15) is 22.8 Å². The Morgan fingerprint density at radius 2 is 1.74 bits per heavy atom. The van der Waals surface area contributed by atoms with Crippen molar-refractivity contribution in [3.05, 3.63) is 35.4 Å². The van der Waals surface area contributed by atoms with Gasteiger partial charge in [-0.1, -0.05) is 13.3 Å². The van der Waals surface area contributed by atoms with E-state index >= 15 is 0 Å². The second-order valence-corrected chi connectivity index (χ2v) is 8.08. The molecule has 2 atom stereocenters. The van der Waals surface area contributed by atoms with E-state index in [2.05, 4.69) is 5.32 Å². The van der Waals surface area contributed by atoms with E-state index in [1.807, 2.05) is 27.7 Å². The number of hydrogen-bond acceptors (Lipinski definition) is 2. The Balaban J connectivity index is 2.12. The lowest BCUT2D eigenvalue weighted by molar-refractivity contribution is -0.137. The number of carbonyl (C=O) groups excluding carboxylic acids is 2. The average molecular weight is 384 g/mol. The van der Waals surface area contributed by atoms with Crippen LogP contribution in [-0.4, -0.2) is 34.8 Å². The summed E-state index contributed by atoms with van der Waals surface area (Å²) in [5, 5.41) is 2.92. The quantitative estimate of drug-likeness (QED) is 0.797. The van der Waals surface area contributed by atoms with Gasteiger partial charge in [0.05, 0.1) is 11.5 Å². The topological polar surface area (TPSA) is 49.4 Å². The van der Waals surface area contributed by atoms with Crippen molar-refractivity contribution in [2.24, 2.45) is 5.92 Å². The van der Waals surface area contributed by atoms with Gasteiger partial charge in [0.15, 0.2) is 0 Å². The molecule has 150 valence electrons. The lowest BCUT2D eigenvalue weighted by Gasteiger charge is -2.25. The van der Waals surface area contributed by atoms with Gasteiger partial charge in [0.25, 0.3) is 5.91 Å². The van der Waals surface area contributed by atoms with Crippen LogP contribution < -0.4 is 5.32 Å². The maximum atomic E-state index is 12.9. The summed E-state index contributed by atoms with van der Waals surface area (Å²) in [4.78, 5) is 26.8. The van der Waals surface area contributed by atoms with Crippen LogP contribution in [0.3, 0.4) is 0 Å². The van der Waals surface area contributed by atoms with Crippen LogP contribution in [0.5, 0.6) is 0 Å². The number of carbonyl (C=O) groups is 2. The van der Waals surface area contributed by atoms with Crippen molar-refractivity contribution in [1.82, 2.24) is 10.2 Å². The van der Waals surface area contributed by atoms with Gasteiger partial charge in [0, 0.05) is 23.7 Å². The van der Waals surface area contributed by atoms with E-state index in [0.29, 0.717) is 13.0 Å². The van der Waals surface area contributed by atoms with Gasteiger partial charge >= 0.3 is 6.18 Å². The zero-order chi connectivity index (χ0) is 20.4. The highest BCUT2D eigenvalue weighted by molar-refractivity contribution is 5.95. The molecule has 1 saturated carbocycles. The van der Waals surface area contributed by atoms with Gasteiger partial charge in [-0.2, -0.15) is 13.2 Å². The first kappa shape index (κ1) is 21.3. The second kappa shape index (κ2) is 7.90. The minimum atomic E-state index is -4.43. The third-order valence-electron chi connectivity index (χ3n) is 4.46. The molecule has 2 rings (SSSR count). The number of nitrogens with one attached hydrogen (secondary N) is 1. The molecule has 0 saturated heterocycles. The Hall–Kier alpha value is -2.05. The third kappa shape index (κ3) is 5.71. The largest absolute Gasteiger partial charge is 0.416 e. The van der Waals surface area contributed by atoms with Crippen LogP contribution in [0.25, 0.3) is 0 Å². The van der Waals surface area contributed by atoms with Gasteiger partial charge in [-0.3, -0.25) is 9.59 Å². The van der Waals surface area contributed by atoms with E-state index in [4.69, 9.17) is 0 Å². The average Bonchev–Trinajstić information content (AvgIpc) is 3.33. The summed E-state index contributed by atoms with van der Waals surface area (Å²) in [6.07, 6.45) is -2.20. The van der Waals surface area contributed by atoms with Gasteiger partial charge in [0.2, 0.25) is 5.91 Å². The van der Waals surface area contributed by atoms with Gasteiger partial charge in [-0.15, -0.1) is 0 Å². The Labute approximate surface area is 158 Å². The van der Waals surface area contributed by atoms with Gasteiger partial charge < -0.3 is 10.2 Å². The van der Waals surface area contributed by atoms with Gasteiger partial charge in [-0.25, -0.2) is 0 Å². The van der Waals surface area contributed by atoms with Crippen LogP contribution in [0.4, 0.5) is 13.2 Å². The molecule has 0 heterocycles. The maximum absolute atomic E-state index is 12.9. The number of rotatable bonds is 6. The summed E-state index contributed by atoms with van der Waals surface area (Å²) in [6.45, 7) is 8.16. The molecule has 7 heteroatoms. The highest BCUT2D eigenvalue weighted by atomic mass is 19.4. The Kier molecular flexibility index (Phi) is 6.22. The molecule has 0 aliphatic heterocycles. The molecule has 0 aromatic heterocycles. The Morgan fingerprint density at radius 3 is 2.22 bits per heavy atom. The van der Waals surface area contributed by atoms with Crippen molar-refractivity contribution in [1.29, 1.82) is 0 Å². The first-order chi connectivity index (χ1) is 12.4.